The smallest absolute Gasteiger partial charge is 0.164 e. The molecule has 4 heteroatoms. The van der Waals surface area contributed by atoms with E-state index in [0.717, 1.165) is 22.3 Å². The summed E-state index contributed by atoms with van der Waals surface area (Å²) in [6.45, 7) is 0. The lowest BCUT2D eigenvalue weighted by Crippen LogP contribution is -2.00. The Balaban J connectivity index is 1.08. The number of aromatic nitrogens is 3. The first-order valence-corrected chi connectivity index (χ1v) is 17.3. The quantitative estimate of drug-likeness (QED) is 0.180. The Morgan fingerprint density at radius 1 is 0.306 bits per heavy atom. The molecule has 0 saturated heterocycles. The number of fused-ring (bicyclic) bond motifs is 10. The van der Waals surface area contributed by atoms with Gasteiger partial charge in [0.15, 0.2) is 17.5 Å². The summed E-state index contributed by atoms with van der Waals surface area (Å²) in [5.41, 5.74) is 5.22. The van der Waals surface area contributed by atoms with Crippen LogP contribution in [0.5, 0.6) is 0 Å². The average Bonchev–Trinajstić information content (AvgIpc) is 3.56. The van der Waals surface area contributed by atoms with Gasteiger partial charge in [-0.1, -0.05) is 152 Å². The molecule has 10 aromatic rings. The maximum atomic E-state index is 4.91. The maximum absolute atomic E-state index is 4.91. The molecular formula is C45H27N3S. The largest absolute Gasteiger partial charge is 0.208 e. The van der Waals surface area contributed by atoms with Crippen LogP contribution in [0.15, 0.2) is 164 Å². The van der Waals surface area contributed by atoms with E-state index >= 15 is 0 Å². The Bertz CT molecular complexity index is 2770. The molecule has 228 valence electrons. The monoisotopic (exact) mass is 641 g/mol. The molecule has 0 spiro atoms. The van der Waals surface area contributed by atoms with Crippen LogP contribution in [0, 0.1) is 0 Å². The molecule has 0 amide bonds. The Morgan fingerprint density at radius 2 is 0.735 bits per heavy atom. The first kappa shape index (κ1) is 27.8. The average molecular weight is 642 g/mol. The number of hydrogen-bond acceptors (Lipinski definition) is 4. The van der Waals surface area contributed by atoms with Crippen LogP contribution in [0.1, 0.15) is 0 Å². The fraction of sp³-hybridized carbons (Fsp3) is 0. The summed E-state index contributed by atoms with van der Waals surface area (Å²) in [5, 5.41) is 10.5. The third kappa shape index (κ3) is 4.61. The van der Waals surface area contributed by atoms with Crippen LogP contribution in [0.25, 0.3) is 97.8 Å². The molecule has 0 aliphatic rings. The van der Waals surface area contributed by atoms with E-state index in [4.69, 9.17) is 15.0 Å². The molecule has 8 aromatic carbocycles. The van der Waals surface area contributed by atoms with Crippen molar-refractivity contribution < 1.29 is 0 Å². The van der Waals surface area contributed by atoms with Gasteiger partial charge in [-0.25, -0.2) is 15.0 Å². The normalized spacial score (nSPS) is 11.7. The van der Waals surface area contributed by atoms with Crippen LogP contribution < -0.4 is 0 Å². The van der Waals surface area contributed by atoms with E-state index in [9.17, 15) is 0 Å². The summed E-state index contributed by atoms with van der Waals surface area (Å²) in [6.07, 6.45) is 0. The number of hydrogen-bond donors (Lipinski definition) is 0. The SMILES string of the molecule is c1ccc(-c2nc(-c3ccccc3)nc(-c3ccc(-c4ccc5sc6c(ccc7c8ccccc8c8ccccc8c76)c5c4)cc3)n2)cc1. The molecule has 10 rings (SSSR count). The molecule has 49 heavy (non-hydrogen) atoms. The second-order valence-corrected chi connectivity index (χ2v) is 13.4. The molecule has 0 N–H and O–H groups in total. The van der Waals surface area contributed by atoms with Crippen LogP contribution in [-0.2, 0) is 0 Å². The standard InChI is InChI=1S/C45H27N3S/c1-3-11-29(12-4-1)43-46-44(30-13-5-2-6-14-30)48-45(47-43)31-21-19-28(20-22-31)32-23-26-40-39(27-32)38-25-24-37-35-17-8-7-15-33(35)34-16-9-10-18-36(34)41(37)42(38)49-40/h1-27H. The van der Waals surface area contributed by atoms with Crippen molar-refractivity contribution in [1.29, 1.82) is 0 Å². The molecule has 0 aliphatic heterocycles. The second-order valence-electron chi connectivity index (χ2n) is 12.4. The third-order valence-electron chi connectivity index (χ3n) is 9.52. The van der Waals surface area contributed by atoms with Gasteiger partial charge in [0, 0.05) is 42.2 Å². The van der Waals surface area contributed by atoms with Crippen molar-refractivity contribution in [2.24, 2.45) is 0 Å². The first-order valence-electron chi connectivity index (χ1n) is 16.4. The lowest BCUT2D eigenvalue weighted by atomic mass is 9.93. The summed E-state index contributed by atoms with van der Waals surface area (Å²) in [5.74, 6) is 1.98. The second kappa shape index (κ2) is 11.2. The van der Waals surface area contributed by atoms with Gasteiger partial charge in [-0.05, 0) is 50.2 Å². The van der Waals surface area contributed by atoms with E-state index in [-0.39, 0.29) is 0 Å². The van der Waals surface area contributed by atoms with Gasteiger partial charge in [-0.15, -0.1) is 11.3 Å². The predicted octanol–water partition coefficient (Wildman–Crippen LogP) is 12.4. The van der Waals surface area contributed by atoms with Gasteiger partial charge >= 0.3 is 0 Å². The van der Waals surface area contributed by atoms with Gasteiger partial charge in [-0.3, -0.25) is 0 Å². The fourth-order valence-corrected chi connectivity index (χ4v) is 8.39. The molecule has 0 bridgehead atoms. The topological polar surface area (TPSA) is 38.7 Å². The van der Waals surface area contributed by atoms with Crippen molar-refractivity contribution in [3.05, 3.63) is 164 Å². The van der Waals surface area contributed by atoms with Gasteiger partial charge in [-0.2, -0.15) is 0 Å². The zero-order chi connectivity index (χ0) is 32.3. The van der Waals surface area contributed by atoms with Crippen LogP contribution in [0.4, 0.5) is 0 Å². The summed E-state index contributed by atoms with van der Waals surface area (Å²) in [4.78, 5) is 14.7. The molecule has 2 heterocycles. The minimum Gasteiger partial charge on any atom is -0.208 e. The van der Waals surface area contributed by atoms with E-state index in [1.165, 1.54) is 58.1 Å². The van der Waals surface area contributed by atoms with Crippen molar-refractivity contribution >= 4 is 63.8 Å². The van der Waals surface area contributed by atoms with E-state index in [1.54, 1.807) is 0 Å². The van der Waals surface area contributed by atoms with Gasteiger partial charge in [0.25, 0.3) is 0 Å². The Morgan fingerprint density at radius 3 is 1.33 bits per heavy atom. The molecule has 2 aromatic heterocycles. The van der Waals surface area contributed by atoms with Crippen molar-refractivity contribution in [2.45, 2.75) is 0 Å². The van der Waals surface area contributed by atoms with E-state index in [2.05, 4.69) is 103 Å². The molecule has 0 aliphatic carbocycles. The molecule has 0 atom stereocenters. The van der Waals surface area contributed by atoms with Crippen molar-refractivity contribution in [1.82, 2.24) is 15.0 Å². The zero-order valence-electron chi connectivity index (χ0n) is 26.3. The zero-order valence-corrected chi connectivity index (χ0v) is 27.2. The summed E-state index contributed by atoms with van der Waals surface area (Å²) < 4.78 is 2.65. The number of nitrogens with zero attached hydrogens (tertiary/aromatic N) is 3. The highest BCUT2D eigenvalue weighted by atomic mass is 32.1. The van der Waals surface area contributed by atoms with Crippen LogP contribution in [-0.4, -0.2) is 15.0 Å². The van der Waals surface area contributed by atoms with Crippen molar-refractivity contribution in [3.8, 4) is 45.3 Å². The van der Waals surface area contributed by atoms with E-state index in [0.29, 0.717) is 17.5 Å². The molecule has 0 radical (unpaired) electrons. The van der Waals surface area contributed by atoms with Crippen molar-refractivity contribution in [2.75, 3.05) is 0 Å². The molecule has 0 fully saturated rings. The van der Waals surface area contributed by atoms with E-state index in [1.807, 2.05) is 72.0 Å². The highest BCUT2D eigenvalue weighted by molar-refractivity contribution is 7.26. The minimum atomic E-state index is 0.658. The summed E-state index contributed by atoms with van der Waals surface area (Å²) in [7, 11) is 0. The van der Waals surface area contributed by atoms with Crippen LogP contribution in [0.3, 0.4) is 0 Å². The Labute approximate surface area is 286 Å². The molecule has 3 nitrogen and oxygen atoms in total. The molecule has 0 unspecified atom stereocenters. The summed E-state index contributed by atoms with van der Waals surface area (Å²) >= 11 is 1.89. The number of benzene rings is 8. The minimum absolute atomic E-state index is 0.658. The van der Waals surface area contributed by atoms with Crippen LogP contribution >= 0.6 is 11.3 Å². The Kier molecular flexibility index (Phi) is 6.36. The molecule has 0 saturated carbocycles. The van der Waals surface area contributed by atoms with E-state index < -0.39 is 0 Å². The first-order chi connectivity index (χ1) is 24.3. The maximum Gasteiger partial charge on any atom is 0.164 e. The number of rotatable bonds is 4. The lowest BCUT2D eigenvalue weighted by Gasteiger charge is -2.11. The lowest BCUT2D eigenvalue weighted by molar-refractivity contribution is 1.07. The van der Waals surface area contributed by atoms with Gasteiger partial charge in [0.05, 0.1) is 0 Å². The third-order valence-corrected chi connectivity index (χ3v) is 10.7. The van der Waals surface area contributed by atoms with Crippen LogP contribution in [0.2, 0.25) is 0 Å². The predicted molar refractivity (Wildman–Crippen MR) is 207 cm³/mol. The Hall–Kier alpha value is -6.23. The van der Waals surface area contributed by atoms with Gasteiger partial charge in [0.2, 0.25) is 0 Å². The fourth-order valence-electron chi connectivity index (χ4n) is 7.15. The highest BCUT2D eigenvalue weighted by Crippen LogP contribution is 2.45. The molecular weight excluding hydrogens is 615 g/mol. The highest BCUT2D eigenvalue weighted by Gasteiger charge is 2.16. The summed E-state index contributed by atoms with van der Waals surface area (Å²) in [6, 6.07) is 57.9. The number of thiophene rings is 1. The van der Waals surface area contributed by atoms with Gasteiger partial charge in [0.1, 0.15) is 0 Å². The van der Waals surface area contributed by atoms with Gasteiger partial charge < -0.3 is 0 Å². The van der Waals surface area contributed by atoms with Crippen molar-refractivity contribution in [3.63, 3.8) is 0 Å².